The maximum absolute atomic E-state index is 5.49. The Hall–Kier alpha value is -3.91. The largest absolute Gasteiger partial charge is 0.497 e. The Bertz CT molecular complexity index is 1140. The Morgan fingerprint density at radius 2 is 1.26 bits per heavy atom. The molecule has 0 aromatic heterocycles. The molecule has 3 aromatic rings. The summed E-state index contributed by atoms with van der Waals surface area (Å²) in [5.41, 5.74) is 3.43. The fourth-order valence-electron chi connectivity index (χ4n) is 3.28. The lowest BCUT2D eigenvalue weighted by atomic mass is 10.1. The van der Waals surface area contributed by atoms with E-state index in [-0.39, 0.29) is 0 Å². The molecule has 0 fully saturated rings. The molecule has 3 aromatic carbocycles. The highest BCUT2D eigenvalue weighted by molar-refractivity contribution is 7.80. The first-order valence-corrected chi connectivity index (χ1v) is 10.8. The summed E-state index contributed by atoms with van der Waals surface area (Å²) in [5, 5.41) is 6.80. The monoisotopic (exact) mass is 480 g/mol. The molecule has 0 radical (unpaired) electrons. The van der Waals surface area contributed by atoms with Crippen molar-refractivity contribution < 1.29 is 23.7 Å². The Morgan fingerprint density at radius 1 is 0.647 bits per heavy atom. The van der Waals surface area contributed by atoms with Crippen LogP contribution in [0.5, 0.6) is 28.7 Å². The van der Waals surface area contributed by atoms with E-state index in [9.17, 15) is 0 Å². The molecule has 0 unspecified atom stereocenters. The van der Waals surface area contributed by atoms with Crippen molar-refractivity contribution in [2.45, 2.75) is 0 Å². The third-order valence-electron chi connectivity index (χ3n) is 4.97. The summed E-state index contributed by atoms with van der Waals surface area (Å²) >= 11 is 5.48. The van der Waals surface area contributed by atoms with Gasteiger partial charge in [0.15, 0.2) is 16.6 Å². The third-order valence-corrected chi connectivity index (χ3v) is 5.18. The predicted octanol–water partition coefficient (Wildman–Crippen LogP) is 5.71. The molecule has 2 N–H and O–H groups in total. The molecular weight excluding hydrogens is 452 g/mol. The van der Waals surface area contributed by atoms with Gasteiger partial charge in [0.05, 0.1) is 41.2 Å². The smallest absolute Gasteiger partial charge is 0.203 e. The van der Waals surface area contributed by atoms with Gasteiger partial charge in [0, 0.05) is 5.69 Å². The zero-order chi connectivity index (χ0) is 24.5. The highest BCUT2D eigenvalue weighted by atomic mass is 32.1. The second kappa shape index (κ2) is 11.8. The van der Waals surface area contributed by atoms with Crippen LogP contribution in [0.1, 0.15) is 11.1 Å². The molecule has 34 heavy (non-hydrogen) atoms. The van der Waals surface area contributed by atoms with Crippen LogP contribution in [0, 0.1) is 0 Å². The van der Waals surface area contributed by atoms with Gasteiger partial charge in [-0.3, -0.25) is 0 Å². The number of thiocarbonyl (C=S) groups is 1. The summed E-state index contributed by atoms with van der Waals surface area (Å²) in [6, 6.07) is 17.1. The molecule has 0 bridgehead atoms. The van der Waals surface area contributed by atoms with Gasteiger partial charge in [0.25, 0.3) is 0 Å². The van der Waals surface area contributed by atoms with Crippen LogP contribution in [-0.4, -0.2) is 40.7 Å². The highest BCUT2D eigenvalue weighted by Crippen LogP contribution is 2.38. The molecular formula is C26H28N2O5S. The maximum Gasteiger partial charge on any atom is 0.203 e. The van der Waals surface area contributed by atoms with E-state index in [2.05, 4.69) is 10.6 Å². The van der Waals surface area contributed by atoms with Gasteiger partial charge in [-0.05, 0) is 71.9 Å². The van der Waals surface area contributed by atoms with Crippen molar-refractivity contribution in [3.05, 3.63) is 65.7 Å². The van der Waals surface area contributed by atoms with E-state index < -0.39 is 0 Å². The van der Waals surface area contributed by atoms with E-state index in [0.717, 1.165) is 28.3 Å². The summed E-state index contributed by atoms with van der Waals surface area (Å²) in [6.07, 6.45) is 3.94. The molecule has 8 heteroatoms. The van der Waals surface area contributed by atoms with Gasteiger partial charge < -0.3 is 34.3 Å². The molecule has 0 spiro atoms. The van der Waals surface area contributed by atoms with E-state index >= 15 is 0 Å². The Morgan fingerprint density at radius 3 is 1.82 bits per heavy atom. The van der Waals surface area contributed by atoms with Crippen LogP contribution < -0.4 is 34.3 Å². The predicted molar refractivity (Wildman–Crippen MR) is 141 cm³/mol. The number of rotatable bonds is 9. The number of benzene rings is 3. The first-order chi connectivity index (χ1) is 16.5. The Balaban J connectivity index is 1.79. The van der Waals surface area contributed by atoms with Crippen LogP contribution in [0.3, 0.4) is 0 Å². The van der Waals surface area contributed by atoms with Crippen LogP contribution in [0.2, 0.25) is 0 Å². The lowest BCUT2D eigenvalue weighted by Crippen LogP contribution is -2.19. The van der Waals surface area contributed by atoms with E-state index in [0.29, 0.717) is 28.1 Å². The fraction of sp³-hybridized carbons (Fsp3) is 0.192. The number of ether oxygens (including phenoxy) is 5. The summed E-state index contributed by atoms with van der Waals surface area (Å²) in [7, 11) is 8.01. The molecule has 178 valence electrons. The molecule has 0 saturated carbocycles. The van der Waals surface area contributed by atoms with Crippen LogP contribution >= 0.6 is 12.2 Å². The Kier molecular flexibility index (Phi) is 8.59. The molecule has 0 saturated heterocycles. The average molecular weight is 481 g/mol. The second-order valence-corrected chi connectivity index (χ2v) is 7.47. The number of methoxy groups -OCH3 is 5. The van der Waals surface area contributed by atoms with Gasteiger partial charge in [-0.1, -0.05) is 18.2 Å². The van der Waals surface area contributed by atoms with E-state index in [1.165, 1.54) is 0 Å². The molecule has 0 aliphatic carbocycles. The molecule has 0 aliphatic rings. The van der Waals surface area contributed by atoms with Crippen molar-refractivity contribution >= 4 is 40.9 Å². The fourth-order valence-corrected chi connectivity index (χ4v) is 3.50. The van der Waals surface area contributed by atoms with Crippen LogP contribution in [0.4, 0.5) is 11.4 Å². The maximum atomic E-state index is 5.49. The number of hydrogen-bond donors (Lipinski definition) is 2. The quantitative estimate of drug-likeness (QED) is 0.298. The van der Waals surface area contributed by atoms with Crippen molar-refractivity contribution in [1.82, 2.24) is 0 Å². The van der Waals surface area contributed by atoms with Crippen molar-refractivity contribution in [2.24, 2.45) is 0 Å². The van der Waals surface area contributed by atoms with Crippen LogP contribution in [0.15, 0.2) is 54.6 Å². The topological polar surface area (TPSA) is 70.2 Å². The average Bonchev–Trinajstić information content (AvgIpc) is 2.87. The van der Waals surface area contributed by atoms with Gasteiger partial charge in [-0.25, -0.2) is 0 Å². The van der Waals surface area contributed by atoms with Gasteiger partial charge >= 0.3 is 0 Å². The van der Waals surface area contributed by atoms with Gasteiger partial charge in [0.2, 0.25) is 5.75 Å². The van der Waals surface area contributed by atoms with Crippen LogP contribution in [-0.2, 0) is 0 Å². The second-order valence-electron chi connectivity index (χ2n) is 7.06. The molecule has 0 atom stereocenters. The summed E-state index contributed by atoms with van der Waals surface area (Å²) in [4.78, 5) is 0. The number of nitrogens with one attached hydrogen (secondary N) is 2. The zero-order valence-corrected chi connectivity index (χ0v) is 20.6. The number of hydrogen-bond acceptors (Lipinski definition) is 6. The summed E-state index contributed by atoms with van der Waals surface area (Å²) in [6.45, 7) is 0. The molecule has 3 rings (SSSR count). The van der Waals surface area contributed by atoms with Crippen LogP contribution in [0.25, 0.3) is 12.2 Å². The summed E-state index contributed by atoms with van der Waals surface area (Å²) in [5.74, 6) is 3.18. The van der Waals surface area contributed by atoms with E-state index in [1.54, 1.807) is 35.5 Å². The van der Waals surface area contributed by atoms with Crippen molar-refractivity contribution in [3.63, 3.8) is 0 Å². The zero-order valence-electron chi connectivity index (χ0n) is 19.8. The van der Waals surface area contributed by atoms with Gasteiger partial charge in [-0.2, -0.15) is 0 Å². The van der Waals surface area contributed by atoms with Gasteiger partial charge in [-0.15, -0.1) is 0 Å². The normalized spacial score (nSPS) is 10.5. The first-order valence-electron chi connectivity index (χ1n) is 10.4. The van der Waals surface area contributed by atoms with Gasteiger partial charge in [0.1, 0.15) is 11.5 Å². The minimum atomic E-state index is 0.439. The molecule has 0 heterocycles. The highest BCUT2D eigenvalue weighted by Gasteiger charge is 2.12. The lowest BCUT2D eigenvalue weighted by Gasteiger charge is -2.14. The minimum absolute atomic E-state index is 0.439. The molecule has 7 nitrogen and oxygen atoms in total. The summed E-state index contributed by atoms with van der Waals surface area (Å²) < 4.78 is 26.9. The number of anilines is 2. The standard InChI is InChI=1S/C26H28N2O5S/c1-29-20-11-9-19(10-12-20)27-26(34)28-21-14-17(8-13-22(21)30-2)6-7-18-15-23(31-3)25(33-5)24(16-18)32-4/h6-16H,1-5H3,(H2,27,28,34). The lowest BCUT2D eigenvalue weighted by molar-refractivity contribution is 0.324. The SMILES string of the molecule is COc1ccc(NC(=S)Nc2cc(C=Cc3cc(OC)c(OC)c(OC)c3)ccc2OC)cc1. The van der Waals surface area contributed by atoms with Crippen molar-refractivity contribution in [1.29, 1.82) is 0 Å². The minimum Gasteiger partial charge on any atom is -0.497 e. The molecule has 0 amide bonds. The van der Waals surface area contributed by atoms with E-state index in [4.69, 9.17) is 35.9 Å². The Labute approximate surface area is 205 Å². The van der Waals surface area contributed by atoms with Crippen molar-refractivity contribution in [2.75, 3.05) is 46.2 Å². The molecule has 0 aliphatic heterocycles. The first kappa shape index (κ1) is 24.7. The van der Waals surface area contributed by atoms with E-state index in [1.807, 2.05) is 66.7 Å². The third kappa shape index (κ3) is 6.11. The van der Waals surface area contributed by atoms with Crippen molar-refractivity contribution in [3.8, 4) is 28.7 Å².